The van der Waals surface area contributed by atoms with Gasteiger partial charge in [-0.15, -0.1) is 0 Å². The lowest BCUT2D eigenvalue weighted by Gasteiger charge is -2.11. The Hall–Kier alpha value is -2.46. The second-order valence-corrected chi connectivity index (χ2v) is 4.76. The highest BCUT2D eigenvalue weighted by atomic mass is 32.1. The summed E-state index contributed by atoms with van der Waals surface area (Å²) in [6.07, 6.45) is 3.26. The highest BCUT2D eigenvalue weighted by Gasteiger charge is 2.09. The fraction of sp³-hybridized carbons (Fsp3) is 0. The molecule has 0 saturated carbocycles. The minimum atomic E-state index is 0.294. The molecule has 3 nitrogen and oxygen atoms in total. The molecule has 0 atom stereocenters. The second-order valence-electron chi connectivity index (χ2n) is 4.32. The standard InChI is InChI=1S/C16H12N2OS/c17-16(20)13-8-9-18-10-15(13)19-14-7-3-5-11-4-1-2-6-12(11)14/h1-10H,(H2,17,20). The molecule has 0 bridgehead atoms. The van der Waals surface area contributed by atoms with Crippen LogP contribution in [0.2, 0.25) is 0 Å². The number of fused-ring (bicyclic) bond motifs is 1. The van der Waals surface area contributed by atoms with Crippen LogP contribution in [0.1, 0.15) is 5.56 Å². The van der Waals surface area contributed by atoms with Crippen LogP contribution in [0.5, 0.6) is 11.5 Å². The Kier molecular flexibility index (Phi) is 3.31. The number of pyridine rings is 1. The predicted octanol–water partition coefficient (Wildman–Crippen LogP) is 3.66. The van der Waals surface area contributed by atoms with E-state index in [0.717, 1.165) is 16.5 Å². The minimum absolute atomic E-state index is 0.294. The quantitative estimate of drug-likeness (QED) is 0.744. The molecule has 2 aromatic carbocycles. The molecule has 0 unspecified atom stereocenters. The normalized spacial score (nSPS) is 10.4. The van der Waals surface area contributed by atoms with E-state index >= 15 is 0 Å². The zero-order chi connectivity index (χ0) is 13.9. The SMILES string of the molecule is NC(=S)c1ccncc1Oc1cccc2ccccc12. The molecule has 1 aromatic heterocycles. The van der Waals surface area contributed by atoms with Crippen LogP contribution in [0.25, 0.3) is 10.8 Å². The molecular formula is C16H12N2OS. The van der Waals surface area contributed by atoms with Crippen molar-refractivity contribution < 1.29 is 4.74 Å². The van der Waals surface area contributed by atoms with E-state index < -0.39 is 0 Å². The van der Waals surface area contributed by atoms with Gasteiger partial charge < -0.3 is 10.5 Å². The summed E-state index contributed by atoms with van der Waals surface area (Å²) in [5.41, 5.74) is 6.39. The smallest absolute Gasteiger partial charge is 0.155 e. The van der Waals surface area contributed by atoms with Crippen LogP contribution < -0.4 is 10.5 Å². The van der Waals surface area contributed by atoms with Crippen molar-refractivity contribution >= 4 is 28.0 Å². The molecule has 0 spiro atoms. The Balaban J connectivity index is 2.08. The molecule has 3 aromatic rings. The maximum absolute atomic E-state index is 5.95. The van der Waals surface area contributed by atoms with Crippen molar-refractivity contribution in [1.82, 2.24) is 4.98 Å². The number of ether oxygens (including phenoxy) is 1. The number of thiocarbonyl (C=S) groups is 1. The van der Waals surface area contributed by atoms with Crippen LogP contribution in [0.4, 0.5) is 0 Å². The maximum Gasteiger partial charge on any atom is 0.155 e. The summed E-state index contributed by atoms with van der Waals surface area (Å²) in [6.45, 7) is 0. The van der Waals surface area contributed by atoms with Gasteiger partial charge in [0.05, 0.1) is 11.8 Å². The van der Waals surface area contributed by atoms with Gasteiger partial charge >= 0.3 is 0 Å². The highest BCUT2D eigenvalue weighted by Crippen LogP contribution is 2.31. The molecule has 4 heteroatoms. The van der Waals surface area contributed by atoms with Crippen LogP contribution in [0, 0.1) is 0 Å². The van der Waals surface area contributed by atoms with E-state index in [2.05, 4.69) is 4.98 Å². The molecule has 0 saturated heterocycles. The Morgan fingerprint density at radius 1 is 1.00 bits per heavy atom. The molecule has 3 rings (SSSR count). The van der Waals surface area contributed by atoms with Crippen molar-refractivity contribution in [2.45, 2.75) is 0 Å². The summed E-state index contributed by atoms with van der Waals surface area (Å²) < 4.78 is 5.95. The molecule has 0 aliphatic heterocycles. The number of hydrogen-bond acceptors (Lipinski definition) is 3. The Labute approximate surface area is 122 Å². The first-order valence-corrected chi connectivity index (χ1v) is 6.56. The highest BCUT2D eigenvalue weighted by molar-refractivity contribution is 7.80. The van der Waals surface area contributed by atoms with E-state index in [-0.39, 0.29) is 0 Å². The van der Waals surface area contributed by atoms with Crippen molar-refractivity contribution in [3.05, 3.63) is 66.5 Å². The Bertz CT molecular complexity index is 781. The molecular weight excluding hydrogens is 268 g/mol. The molecule has 20 heavy (non-hydrogen) atoms. The third-order valence-electron chi connectivity index (χ3n) is 3.02. The third-order valence-corrected chi connectivity index (χ3v) is 3.24. The van der Waals surface area contributed by atoms with Crippen molar-refractivity contribution in [3.8, 4) is 11.5 Å². The maximum atomic E-state index is 5.95. The molecule has 0 radical (unpaired) electrons. The van der Waals surface area contributed by atoms with Crippen molar-refractivity contribution in [3.63, 3.8) is 0 Å². The number of benzene rings is 2. The van der Waals surface area contributed by atoms with Gasteiger partial charge in [-0.2, -0.15) is 0 Å². The van der Waals surface area contributed by atoms with Crippen LogP contribution in [0.3, 0.4) is 0 Å². The second kappa shape index (κ2) is 5.27. The van der Waals surface area contributed by atoms with Crippen LogP contribution in [0.15, 0.2) is 60.9 Å². The fourth-order valence-electron chi connectivity index (χ4n) is 2.07. The minimum Gasteiger partial charge on any atom is -0.454 e. The number of rotatable bonds is 3. The van der Waals surface area contributed by atoms with Gasteiger partial charge in [-0.25, -0.2) is 0 Å². The summed E-state index contributed by atoms with van der Waals surface area (Å²) in [6, 6.07) is 15.7. The predicted molar refractivity (Wildman–Crippen MR) is 84.1 cm³/mol. The lowest BCUT2D eigenvalue weighted by atomic mass is 10.1. The Morgan fingerprint density at radius 2 is 1.80 bits per heavy atom. The molecule has 2 N–H and O–H groups in total. The van der Waals surface area contributed by atoms with E-state index in [9.17, 15) is 0 Å². The first-order chi connectivity index (χ1) is 9.75. The van der Waals surface area contributed by atoms with Gasteiger partial charge in [0, 0.05) is 11.6 Å². The molecule has 0 amide bonds. The van der Waals surface area contributed by atoms with Gasteiger partial charge in [0.1, 0.15) is 10.7 Å². The number of hydrogen-bond donors (Lipinski definition) is 1. The number of aromatic nitrogens is 1. The van der Waals surface area contributed by atoms with Crippen molar-refractivity contribution in [2.75, 3.05) is 0 Å². The lowest BCUT2D eigenvalue weighted by molar-refractivity contribution is 0.485. The average Bonchev–Trinajstić information content (AvgIpc) is 2.48. The summed E-state index contributed by atoms with van der Waals surface area (Å²) in [4.78, 5) is 4.36. The first kappa shape index (κ1) is 12.6. The molecule has 0 fully saturated rings. The van der Waals surface area contributed by atoms with Crippen molar-refractivity contribution in [1.29, 1.82) is 0 Å². The van der Waals surface area contributed by atoms with E-state index in [1.807, 2.05) is 42.5 Å². The van der Waals surface area contributed by atoms with Gasteiger partial charge in [0.2, 0.25) is 0 Å². The van der Waals surface area contributed by atoms with E-state index in [4.69, 9.17) is 22.7 Å². The third kappa shape index (κ3) is 2.33. The van der Waals surface area contributed by atoms with Gasteiger partial charge in [-0.05, 0) is 17.5 Å². The molecule has 0 aliphatic rings. The Morgan fingerprint density at radius 3 is 2.65 bits per heavy atom. The van der Waals surface area contributed by atoms with Crippen LogP contribution in [-0.2, 0) is 0 Å². The fourth-order valence-corrected chi connectivity index (χ4v) is 2.24. The van der Waals surface area contributed by atoms with Gasteiger partial charge in [-0.1, -0.05) is 48.6 Å². The van der Waals surface area contributed by atoms with Crippen LogP contribution in [-0.4, -0.2) is 9.97 Å². The number of nitrogens with two attached hydrogens (primary N) is 1. The molecule has 1 heterocycles. The van der Waals surface area contributed by atoms with Crippen molar-refractivity contribution in [2.24, 2.45) is 5.73 Å². The summed E-state index contributed by atoms with van der Waals surface area (Å²) in [5.74, 6) is 1.32. The van der Waals surface area contributed by atoms with E-state index in [0.29, 0.717) is 16.3 Å². The van der Waals surface area contributed by atoms with Gasteiger partial charge in [0.15, 0.2) is 5.75 Å². The first-order valence-electron chi connectivity index (χ1n) is 6.15. The monoisotopic (exact) mass is 280 g/mol. The summed E-state index contributed by atoms with van der Waals surface area (Å²) in [5, 5.41) is 2.15. The molecule has 98 valence electrons. The topological polar surface area (TPSA) is 48.1 Å². The zero-order valence-corrected chi connectivity index (χ0v) is 11.4. The van der Waals surface area contributed by atoms with E-state index in [1.165, 1.54) is 0 Å². The molecule has 0 aliphatic carbocycles. The lowest BCUT2D eigenvalue weighted by Crippen LogP contribution is -2.10. The van der Waals surface area contributed by atoms with Gasteiger partial charge in [0.25, 0.3) is 0 Å². The summed E-state index contributed by atoms with van der Waals surface area (Å²) >= 11 is 5.03. The number of nitrogens with zero attached hydrogens (tertiary/aromatic N) is 1. The average molecular weight is 280 g/mol. The van der Waals surface area contributed by atoms with Crippen LogP contribution >= 0.6 is 12.2 Å². The van der Waals surface area contributed by atoms with Gasteiger partial charge in [-0.3, -0.25) is 4.98 Å². The van der Waals surface area contributed by atoms with E-state index in [1.54, 1.807) is 18.5 Å². The summed E-state index contributed by atoms with van der Waals surface area (Å²) in [7, 11) is 0. The largest absolute Gasteiger partial charge is 0.454 e. The zero-order valence-electron chi connectivity index (χ0n) is 10.6.